The molecule has 0 aliphatic heterocycles. The van der Waals surface area contributed by atoms with Gasteiger partial charge in [0.05, 0.1) is 0 Å². The summed E-state index contributed by atoms with van der Waals surface area (Å²) in [4.78, 5) is 0. The first kappa shape index (κ1) is 15.7. The molecule has 1 rings (SSSR count). The van der Waals surface area contributed by atoms with Crippen LogP contribution >= 0.6 is 15.9 Å². The molecule has 1 nitrogen and oxygen atoms in total. The topological polar surface area (TPSA) is 12.0 Å². The monoisotopic (exact) mass is 311 g/mol. The second kappa shape index (κ2) is 7.96. The van der Waals surface area contributed by atoms with Crippen molar-refractivity contribution in [2.75, 3.05) is 6.54 Å². The van der Waals surface area contributed by atoms with Gasteiger partial charge in [-0.15, -0.1) is 0 Å². The van der Waals surface area contributed by atoms with Crippen LogP contribution < -0.4 is 5.32 Å². The van der Waals surface area contributed by atoms with E-state index in [1.165, 1.54) is 12.0 Å². The third-order valence-corrected chi connectivity index (χ3v) is 4.13. The number of benzene rings is 1. The summed E-state index contributed by atoms with van der Waals surface area (Å²) in [5.41, 5.74) is 1.43. The first-order valence-electron chi connectivity index (χ1n) is 7.02. The predicted octanol–water partition coefficient (Wildman–Crippen LogP) is 4.65. The van der Waals surface area contributed by atoms with Gasteiger partial charge in [-0.3, -0.25) is 0 Å². The highest BCUT2D eigenvalue weighted by atomic mass is 79.9. The Balaban J connectivity index is 2.65. The van der Waals surface area contributed by atoms with Crippen LogP contribution in [0, 0.1) is 11.8 Å². The molecule has 18 heavy (non-hydrogen) atoms. The van der Waals surface area contributed by atoms with E-state index in [-0.39, 0.29) is 0 Å². The molecular formula is C16H26BrN. The maximum absolute atomic E-state index is 3.64. The second-order valence-corrected chi connectivity index (χ2v) is 6.40. The Kier molecular flexibility index (Phi) is 6.95. The van der Waals surface area contributed by atoms with Crippen LogP contribution in [0.4, 0.5) is 0 Å². The molecule has 0 heterocycles. The fraction of sp³-hybridized carbons (Fsp3) is 0.625. The van der Waals surface area contributed by atoms with E-state index in [9.17, 15) is 0 Å². The van der Waals surface area contributed by atoms with E-state index in [1.807, 2.05) is 0 Å². The molecule has 1 N–H and O–H groups in total. The van der Waals surface area contributed by atoms with Crippen molar-refractivity contribution in [3.05, 3.63) is 34.3 Å². The molecule has 0 aliphatic carbocycles. The molecule has 0 radical (unpaired) electrons. The fourth-order valence-electron chi connectivity index (χ4n) is 2.41. The van der Waals surface area contributed by atoms with E-state index >= 15 is 0 Å². The van der Waals surface area contributed by atoms with E-state index in [0.29, 0.717) is 17.9 Å². The van der Waals surface area contributed by atoms with E-state index in [0.717, 1.165) is 17.4 Å². The Labute approximate surface area is 120 Å². The highest BCUT2D eigenvalue weighted by Gasteiger charge is 2.20. The van der Waals surface area contributed by atoms with Crippen LogP contribution in [-0.4, -0.2) is 12.6 Å². The van der Waals surface area contributed by atoms with Crippen molar-refractivity contribution in [2.24, 2.45) is 11.8 Å². The molecule has 0 aliphatic rings. The number of hydrogen-bond acceptors (Lipinski definition) is 1. The van der Waals surface area contributed by atoms with Gasteiger partial charge in [-0.2, -0.15) is 0 Å². The molecule has 0 saturated heterocycles. The Bertz CT molecular complexity index is 331. The SMILES string of the molecule is CCCNC(C)C(Cc1ccc(Br)cc1)C(C)C. The van der Waals surface area contributed by atoms with Crippen molar-refractivity contribution in [2.45, 2.75) is 46.6 Å². The molecule has 0 aromatic heterocycles. The number of hydrogen-bond donors (Lipinski definition) is 1. The van der Waals surface area contributed by atoms with Crippen molar-refractivity contribution in [3.8, 4) is 0 Å². The Morgan fingerprint density at radius 2 is 1.72 bits per heavy atom. The van der Waals surface area contributed by atoms with Gasteiger partial charge in [0.2, 0.25) is 0 Å². The minimum absolute atomic E-state index is 0.577. The molecule has 2 unspecified atom stereocenters. The average Bonchev–Trinajstić information content (AvgIpc) is 2.34. The van der Waals surface area contributed by atoms with Crippen LogP contribution in [0.25, 0.3) is 0 Å². The minimum atomic E-state index is 0.577. The van der Waals surface area contributed by atoms with Crippen molar-refractivity contribution >= 4 is 15.9 Å². The summed E-state index contributed by atoms with van der Waals surface area (Å²) in [5.74, 6) is 1.39. The smallest absolute Gasteiger partial charge is 0.0175 e. The summed E-state index contributed by atoms with van der Waals surface area (Å²) in [7, 11) is 0. The van der Waals surface area contributed by atoms with Gasteiger partial charge in [0.25, 0.3) is 0 Å². The lowest BCUT2D eigenvalue weighted by Gasteiger charge is -2.28. The van der Waals surface area contributed by atoms with Gasteiger partial charge in [0, 0.05) is 10.5 Å². The fourth-order valence-corrected chi connectivity index (χ4v) is 2.67. The van der Waals surface area contributed by atoms with E-state index in [4.69, 9.17) is 0 Å². The first-order valence-corrected chi connectivity index (χ1v) is 7.81. The third kappa shape index (κ3) is 5.11. The van der Waals surface area contributed by atoms with Crippen LogP contribution in [0.2, 0.25) is 0 Å². The summed E-state index contributed by atoms with van der Waals surface area (Å²) >= 11 is 3.49. The molecule has 0 spiro atoms. The maximum Gasteiger partial charge on any atom is 0.0175 e. The molecule has 0 fully saturated rings. The van der Waals surface area contributed by atoms with Crippen molar-refractivity contribution < 1.29 is 0 Å². The summed E-state index contributed by atoms with van der Waals surface area (Å²) in [6.45, 7) is 10.3. The van der Waals surface area contributed by atoms with Crippen molar-refractivity contribution in [1.29, 1.82) is 0 Å². The first-order chi connectivity index (χ1) is 8.54. The minimum Gasteiger partial charge on any atom is -0.314 e. The zero-order valence-corrected chi connectivity index (χ0v) is 13.6. The predicted molar refractivity (Wildman–Crippen MR) is 83.9 cm³/mol. The normalized spacial score (nSPS) is 14.8. The van der Waals surface area contributed by atoms with Gasteiger partial charge in [-0.25, -0.2) is 0 Å². The largest absolute Gasteiger partial charge is 0.314 e. The lowest BCUT2D eigenvalue weighted by atomic mass is 9.84. The number of rotatable bonds is 7. The molecule has 102 valence electrons. The van der Waals surface area contributed by atoms with Gasteiger partial charge < -0.3 is 5.32 Å². The lowest BCUT2D eigenvalue weighted by molar-refractivity contribution is 0.289. The second-order valence-electron chi connectivity index (χ2n) is 5.48. The van der Waals surface area contributed by atoms with Crippen LogP contribution in [0.15, 0.2) is 28.7 Å². The van der Waals surface area contributed by atoms with E-state index in [1.54, 1.807) is 0 Å². The summed E-state index contributed by atoms with van der Waals surface area (Å²) in [5, 5.41) is 3.64. The Morgan fingerprint density at radius 3 is 2.22 bits per heavy atom. The molecule has 0 saturated carbocycles. The number of nitrogens with one attached hydrogen (secondary N) is 1. The average molecular weight is 312 g/mol. The van der Waals surface area contributed by atoms with Crippen LogP contribution in [0.5, 0.6) is 0 Å². The zero-order valence-electron chi connectivity index (χ0n) is 12.0. The summed E-state index contributed by atoms with van der Waals surface area (Å²) < 4.78 is 1.16. The molecule has 2 heteroatoms. The lowest BCUT2D eigenvalue weighted by Crippen LogP contribution is -2.37. The van der Waals surface area contributed by atoms with E-state index < -0.39 is 0 Å². The highest BCUT2D eigenvalue weighted by Crippen LogP contribution is 2.22. The van der Waals surface area contributed by atoms with Gasteiger partial charge in [0.1, 0.15) is 0 Å². The summed E-state index contributed by atoms with van der Waals surface area (Å²) in [6.07, 6.45) is 2.36. The maximum atomic E-state index is 3.64. The molecule has 0 bridgehead atoms. The summed E-state index contributed by atoms with van der Waals surface area (Å²) in [6, 6.07) is 9.31. The molecule has 1 aromatic carbocycles. The van der Waals surface area contributed by atoms with Crippen LogP contribution in [-0.2, 0) is 6.42 Å². The Morgan fingerprint density at radius 1 is 1.11 bits per heavy atom. The van der Waals surface area contributed by atoms with E-state index in [2.05, 4.69) is 73.2 Å². The van der Waals surface area contributed by atoms with Gasteiger partial charge in [-0.1, -0.05) is 48.8 Å². The van der Waals surface area contributed by atoms with Gasteiger partial charge in [-0.05, 0) is 55.8 Å². The van der Waals surface area contributed by atoms with Crippen LogP contribution in [0.1, 0.15) is 39.7 Å². The Hall–Kier alpha value is -0.340. The molecule has 0 amide bonds. The molecule has 1 aromatic rings. The van der Waals surface area contributed by atoms with Crippen molar-refractivity contribution in [1.82, 2.24) is 5.32 Å². The highest BCUT2D eigenvalue weighted by molar-refractivity contribution is 9.10. The molecule has 2 atom stereocenters. The van der Waals surface area contributed by atoms with Gasteiger partial charge >= 0.3 is 0 Å². The quantitative estimate of drug-likeness (QED) is 0.772. The standard InChI is InChI=1S/C16H26BrN/c1-5-10-18-13(4)16(12(2)3)11-14-6-8-15(17)9-7-14/h6-9,12-13,16,18H,5,10-11H2,1-4H3. The van der Waals surface area contributed by atoms with Crippen molar-refractivity contribution in [3.63, 3.8) is 0 Å². The number of halogens is 1. The van der Waals surface area contributed by atoms with Gasteiger partial charge in [0.15, 0.2) is 0 Å². The van der Waals surface area contributed by atoms with Crippen LogP contribution in [0.3, 0.4) is 0 Å². The zero-order chi connectivity index (χ0) is 13.5. The molecular weight excluding hydrogens is 286 g/mol. The third-order valence-electron chi connectivity index (χ3n) is 3.60.